The van der Waals surface area contributed by atoms with E-state index in [1.165, 1.54) is 12.1 Å². The van der Waals surface area contributed by atoms with Gasteiger partial charge in [-0.3, -0.25) is 4.79 Å². The average molecular weight is 397 g/mol. The molecule has 0 bridgehead atoms. The van der Waals surface area contributed by atoms with Crippen LogP contribution in [0.25, 0.3) is 11.5 Å². The van der Waals surface area contributed by atoms with Crippen LogP contribution in [0.1, 0.15) is 32.1 Å². The van der Waals surface area contributed by atoms with Gasteiger partial charge in [0.2, 0.25) is 15.9 Å². The van der Waals surface area contributed by atoms with Gasteiger partial charge in [-0.2, -0.15) is 0 Å². The number of sulfonamides is 1. The smallest absolute Gasteiger partial charge is 0.314 e. The van der Waals surface area contributed by atoms with Crippen LogP contribution < -0.4 is 4.72 Å². The Morgan fingerprint density at radius 3 is 2.54 bits per heavy atom. The molecule has 1 aromatic heterocycles. The Bertz CT molecular complexity index is 858. The third-order valence-electron chi connectivity index (χ3n) is 4.06. The highest BCUT2D eigenvalue weighted by molar-refractivity contribution is 7.99. The lowest BCUT2D eigenvalue weighted by Crippen LogP contribution is -2.36. The highest BCUT2D eigenvalue weighted by atomic mass is 32.2. The molecule has 1 aliphatic rings. The normalized spacial score (nSPS) is 15.8. The first-order valence-electron chi connectivity index (χ1n) is 8.25. The summed E-state index contributed by atoms with van der Waals surface area (Å²) < 4.78 is 33.1. The van der Waals surface area contributed by atoms with E-state index in [1.54, 1.807) is 12.1 Å². The fourth-order valence-electron chi connectivity index (χ4n) is 2.79. The number of carbonyl (C=O) groups is 1. The van der Waals surface area contributed by atoms with E-state index in [4.69, 9.17) is 9.52 Å². The summed E-state index contributed by atoms with van der Waals surface area (Å²) in [5.41, 5.74) is 0.566. The second-order valence-corrected chi connectivity index (χ2v) is 8.68. The van der Waals surface area contributed by atoms with Gasteiger partial charge in [-0.05, 0) is 37.1 Å². The van der Waals surface area contributed by atoms with Gasteiger partial charge in [0, 0.05) is 11.6 Å². The van der Waals surface area contributed by atoms with Gasteiger partial charge in [0.05, 0.1) is 4.90 Å². The zero-order valence-corrected chi connectivity index (χ0v) is 15.6. The second-order valence-electron chi connectivity index (χ2n) is 6.04. The van der Waals surface area contributed by atoms with E-state index in [9.17, 15) is 13.2 Å². The van der Waals surface area contributed by atoms with E-state index < -0.39 is 16.0 Å². The van der Waals surface area contributed by atoms with Crippen LogP contribution in [0.5, 0.6) is 0 Å². The molecule has 1 heterocycles. The Labute approximate surface area is 155 Å². The van der Waals surface area contributed by atoms with Gasteiger partial charge in [0.1, 0.15) is 5.75 Å². The molecule has 1 fully saturated rings. The van der Waals surface area contributed by atoms with Crippen LogP contribution in [0.3, 0.4) is 0 Å². The minimum absolute atomic E-state index is 0.00168. The summed E-state index contributed by atoms with van der Waals surface area (Å²) in [7, 11) is -3.56. The van der Waals surface area contributed by atoms with Crippen LogP contribution in [0.2, 0.25) is 0 Å². The summed E-state index contributed by atoms with van der Waals surface area (Å²) in [5, 5.41) is 16.4. The Balaban J connectivity index is 1.68. The standard InChI is InChI=1S/C16H19N3O5S2/c20-14(21)10-25-16-18-17-15(24-16)11-6-8-13(9-7-11)26(22,23)19-12-4-2-1-3-5-12/h6-9,12,19H,1-5,10H2,(H,20,21). The first kappa shape index (κ1) is 18.9. The maximum absolute atomic E-state index is 12.5. The van der Waals surface area contributed by atoms with Gasteiger partial charge in [0.25, 0.3) is 5.22 Å². The number of carboxylic acid groups (broad SMARTS) is 1. The average Bonchev–Trinajstić information content (AvgIpc) is 3.10. The third-order valence-corrected chi connectivity index (χ3v) is 6.40. The van der Waals surface area contributed by atoms with Crippen molar-refractivity contribution in [3.63, 3.8) is 0 Å². The number of nitrogens with zero attached hydrogens (tertiary/aromatic N) is 2. The molecule has 0 atom stereocenters. The largest absolute Gasteiger partial charge is 0.481 e. The summed E-state index contributed by atoms with van der Waals surface area (Å²) in [6.45, 7) is 0. The second kappa shape index (κ2) is 8.19. The van der Waals surface area contributed by atoms with E-state index in [2.05, 4.69) is 14.9 Å². The van der Waals surface area contributed by atoms with Crippen molar-refractivity contribution in [1.29, 1.82) is 0 Å². The highest BCUT2D eigenvalue weighted by Crippen LogP contribution is 2.25. The molecule has 10 heteroatoms. The topological polar surface area (TPSA) is 122 Å². The molecule has 1 aromatic carbocycles. The van der Waals surface area contributed by atoms with Crippen molar-refractivity contribution in [1.82, 2.24) is 14.9 Å². The Kier molecular flexibility index (Phi) is 5.94. The van der Waals surface area contributed by atoms with Gasteiger partial charge in [-0.25, -0.2) is 13.1 Å². The van der Waals surface area contributed by atoms with E-state index in [0.717, 1.165) is 43.9 Å². The van der Waals surface area contributed by atoms with E-state index in [1.807, 2.05) is 0 Å². The number of hydrogen-bond donors (Lipinski definition) is 2. The number of nitrogens with one attached hydrogen (secondary N) is 1. The molecule has 140 valence electrons. The molecule has 1 aliphatic carbocycles. The lowest BCUT2D eigenvalue weighted by Gasteiger charge is -2.22. The summed E-state index contributed by atoms with van der Waals surface area (Å²) in [6.07, 6.45) is 4.99. The van der Waals surface area contributed by atoms with Crippen molar-refractivity contribution in [2.24, 2.45) is 0 Å². The molecule has 0 radical (unpaired) electrons. The monoisotopic (exact) mass is 397 g/mol. The number of aliphatic carboxylic acids is 1. The fourth-order valence-corrected chi connectivity index (χ4v) is 4.58. The Hall–Kier alpha value is -1.91. The molecule has 8 nitrogen and oxygen atoms in total. The fraction of sp³-hybridized carbons (Fsp3) is 0.438. The third kappa shape index (κ3) is 4.83. The van der Waals surface area contributed by atoms with Crippen LogP contribution in [-0.2, 0) is 14.8 Å². The molecule has 0 aliphatic heterocycles. The molecular weight excluding hydrogens is 378 g/mol. The van der Waals surface area contributed by atoms with Gasteiger partial charge >= 0.3 is 5.97 Å². The molecular formula is C16H19N3O5S2. The zero-order valence-electron chi connectivity index (χ0n) is 13.9. The molecule has 26 heavy (non-hydrogen) atoms. The van der Waals surface area contributed by atoms with Crippen molar-refractivity contribution in [3.8, 4) is 11.5 Å². The summed E-state index contributed by atoms with van der Waals surface area (Å²) >= 11 is 0.925. The molecule has 0 saturated heterocycles. The van der Waals surface area contributed by atoms with Crippen LogP contribution in [-0.4, -0.2) is 41.5 Å². The minimum Gasteiger partial charge on any atom is -0.481 e. The summed E-state index contributed by atoms with van der Waals surface area (Å²) in [4.78, 5) is 10.7. The quantitative estimate of drug-likeness (QED) is 0.683. The predicted molar refractivity (Wildman–Crippen MR) is 95.3 cm³/mol. The van der Waals surface area contributed by atoms with Gasteiger partial charge in [-0.15, -0.1) is 10.2 Å². The van der Waals surface area contributed by atoms with Crippen molar-refractivity contribution < 1.29 is 22.7 Å². The molecule has 0 spiro atoms. The minimum atomic E-state index is -3.56. The van der Waals surface area contributed by atoms with E-state index >= 15 is 0 Å². The number of rotatable bonds is 7. The number of aromatic nitrogens is 2. The first-order valence-corrected chi connectivity index (χ1v) is 10.7. The van der Waals surface area contributed by atoms with Gasteiger partial charge < -0.3 is 9.52 Å². The predicted octanol–water partition coefficient (Wildman–Crippen LogP) is 2.52. The molecule has 2 N–H and O–H groups in total. The number of benzene rings is 1. The molecule has 1 saturated carbocycles. The van der Waals surface area contributed by atoms with Gasteiger partial charge in [-0.1, -0.05) is 31.0 Å². The number of carboxylic acids is 1. The maximum atomic E-state index is 12.5. The number of thioether (sulfide) groups is 1. The Morgan fingerprint density at radius 2 is 1.88 bits per heavy atom. The maximum Gasteiger partial charge on any atom is 0.314 e. The highest BCUT2D eigenvalue weighted by Gasteiger charge is 2.22. The van der Waals surface area contributed by atoms with Gasteiger partial charge in [0.15, 0.2) is 0 Å². The Morgan fingerprint density at radius 1 is 1.19 bits per heavy atom. The first-order chi connectivity index (χ1) is 12.4. The van der Waals surface area contributed by atoms with Crippen LogP contribution in [0.15, 0.2) is 38.8 Å². The van der Waals surface area contributed by atoms with E-state index in [-0.39, 0.29) is 27.8 Å². The number of hydrogen-bond acceptors (Lipinski definition) is 7. The molecule has 0 amide bonds. The SMILES string of the molecule is O=C(O)CSc1nnc(-c2ccc(S(=O)(=O)NC3CCCCC3)cc2)o1. The molecule has 0 unspecified atom stereocenters. The van der Waals surface area contributed by atoms with Crippen LogP contribution in [0.4, 0.5) is 0 Å². The zero-order chi connectivity index (χ0) is 18.6. The van der Waals surface area contributed by atoms with Crippen molar-refractivity contribution in [3.05, 3.63) is 24.3 Å². The van der Waals surface area contributed by atoms with Crippen molar-refractivity contribution in [2.75, 3.05) is 5.75 Å². The molecule has 2 aromatic rings. The lowest BCUT2D eigenvalue weighted by atomic mass is 9.96. The van der Waals surface area contributed by atoms with Crippen molar-refractivity contribution in [2.45, 2.75) is 48.3 Å². The lowest BCUT2D eigenvalue weighted by molar-refractivity contribution is -0.133. The summed E-state index contributed by atoms with van der Waals surface area (Å²) in [5.74, 6) is -0.942. The van der Waals surface area contributed by atoms with E-state index in [0.29, 0.717) is 5.56 Å². The van der Waals surface area contributed by atoms with Crippen molar-refractivity contribution >= 4 is 27.8 Å². The summed E-state index contributed by atoms with van der Waals surface area (Å²) in [6, 6.07) is 6.17. The molecule has 3 rings (SSSR count). The van der Waals surface area contributed by atoms with Crippen LogP contribution in [0, 0.1) is 0 Å². The van der Waals surface area contributed by atoms with Crippen LogP contribution >= 0.6 is 11.8 Å².